The Hall–Kier alpha value is -0.200. The van der Waals surface area contributed by atoms with Gasteiger partial charge in [-0.15, -0.1) is 0 Å². The molecule has 5 heteroatoms. The molecule has 0 radical (unpaired) electrons. The molecule has 0 aliphatic carbocycles. The molecule has 2 rings (SSSR count). The topological polar surface area (TPSA) is 89.1 Å². The van der Waals surface area contributed by atoms with Crippen LogP contribution in [0.4, 0.5) is 0 Å². The number of nitrogens with two attached hydrogens (primary N) is 2. The Labute approximate surface area is 52.3 Å². The third-order valence-corrected chi connectivity index (χ3v) is 1.33. The summed E-state index contributed by atoms with van der Waals surface area (Å²) in [5.41, 5.74) is 11.0. The molecular formula is C4H9N3O2. The van der Waals surface area contributed by atoms with Crippen LogP contribution in [0.1, 0.15) is 0 Å². The average Bonchev–Trinajstić information content (AvgIpc) is 2.55. The van der Waals surface area contributed by atoms with Gasteiger partial charge in [0.25, 0.3) is 0 Å². The second kappa shape index (κ2) is 1.28. The Morgan fingerprint density at radius 2 is 1.44 bits per heavy atom. The molecule has 0 saturated carbocycles. The Kier molecular flexibility index (Phi) is 0.792. The minimum atomic E-state index is -0.703. The summed E-state index contributed by atoms with van der Waals surface area (Å²) in [6.45, 7) is 1.02. The van der Waals surface area contributed by atoms with Gasteiger partial charge < -0.3 is 9.47 Å². The number of epoxide rings is 2. The van der Waals surface area contributed by atoms with E-state index >= 15 is 0 Å². The van der Waals surface area contributed by atoms with Crippen molar-refractivity contribution in [1.29, 1.82) is 0 Å². The van der Waals surface area contributed by atoms with E-state index < -0.39 is 11.7 Å². The highest BCUT2D eigenvalue weighted by molar-refractivity contribution is 4.93. The first-order valence-electron chi connectivity index (χ1n) is 2.77. The molecule has 52 valence electrons. The zero-order valence-electron chi connectivity index (χ0n) is 4.89. The minimum Gasteiger partial charge on any atom is -0.339 e. The van der Waals surface area contributed by atoms with Gasteiger partial charge in [-0.2, -0.15) is 0 Å². The standard InChI is InChI=1S/C4H9N3O2/c5-3(1-8-3)7-4(6)2-9-4/h7H,1-2,5-6H2. The van der Waals surface area contributed by atoms with Crippen LogP contribution in [-0.4, -0.2) is 24.9 Å². The molecule has 9 heavy (non-hydrogen) atoms. The molecule has 5 nitrogen and oxygen atoms in total. The lowest BCUT2D eigenvalue weighted by molar-refractivity contribution is 0.167. The Bertz CT molecular complexity index is 125. The van der Waals surface area contributed by atoms with Crippen LogP contribution in [0, 0.1) is 0 Å². The molecule has 2 fully saturated rings. The summed E-state index contributed by atoms with van der Waals surface area (Å²) >= 11 is 0. The van der Waals surface area contributed by atoms with Crippen molar-refractivity contribution in [2.24, 2.45) is 11.5 Å². The van der Waals surface area contributed by atoms with Gasteiger partial charge >= 0.3 is 0 Å². The summed E-state index contributed by atoms with van der Waals surface area (Å²) in [6, 6.07) is 0. The summed E-state index contributed by atoms with van der Waals surface area (Å²) in [4.78, 5) is 0. The van der Waals surface area contributed by atoms with Crippen molar-refractivity contribution in [3.8, 4) is 0 Å². The van der Waals surface area contributed by atoms with Crippen LogP contribution in [0.2, 0.25) is 0 Å². The van der Waals surface area contributed by atoms with E-state index in [-0.39, 0.29) is 0 Å². The summed E-state index contributed by atoms with van der Waals surface area (Å²) in [6.07, 6.45) is 0. The Balaban J connectivity index is 1.90. The quantitative estimate of drug-likeness (QED) is 0.294. The van der Waals surface area contributed by atoms with Crippen LogP contribution in [0.25, 0.3) is 0 Å². The maximum absolute atomic E-state index is 5.48. The number of nitrogens with one attached hydrogen (secondary N) is 1. The molecule has 2 heterocycles. The summed E-state index contributed by atoms with van der Waals surface area (Å²) < 4.78 is 9.64. The van der Waals surface area contributed by atoms with E-state index in [2.05, 4.69) is 5.32 Å². The van der Waals surface area contributed by atoms with E-state index in [1.54, 1.807) is 0 Å². The van der Waals surface area contributed by atoms with E-state index in [0.29, 0.717) is 13.2 Å². The van der Waals surface area contributed by atoms with Gasteiger partial charge in [-0.1, -0.05) is 0 Å². The molecular weight excluding hydrogens is 122 g/mol. The predicted octanol–water partition coefficient (Wildman–Crippen LogP) is -2.14. The molecule has 0 spiro atoms. The van der Waals surface area contributed by atoms with Crippen LogP contribution in [0.3, 0.4) is 0 Å². The normalized spacial score (nSPS) is 55.3. The molecule has 2 aliphatic rings. The Morgan fingerprint density at radius 1 is 1.11 bits per heavy atom. The van der Waals surface area contributed by atoms with Gasteiger partial charge in [-0.05, 0) is 0 Å². The van der Waals surface area contributed by atoms with E-state index in [0.717, 1.165) is 0 Å². The number of ether oxygens (including phenoxy) is 2. The first-order valence-corrected chi connectivity index (χ1v) is 2.77. The summed E-state index contributed by atoms with van der Waals surface area (Å²) in [5.74, 6) is -1.41. The first-order chi connectivity index (χ1) is 4.12. The fourth-order valence-corrected chi connectivity index (χ4v) is 0.658. The lowest BCUT2D eigenvalue weighted by Gasteiger charge is -2.10. The van der Waals surface area contributed by atoms with E-state index in [9.17, 15) is 0 Å². The van der Waals surface area contributed by atoms with Gasteiger partial charge in [-0.3, -0.25) is 11.5 Å². The average molecular weight is 131 g/mol. The second-order valence-corrected chi connectivity index (χ2v) is 2.48. The third-order valence-electron chi connectivity index (χ3n) is 1.33. The molecule has 2 aliphatic heterocycles. The van der Waals surface area contributed by atoms with Gasteiger partial charge in [0.15, 0.2) is 11.7 Å². The van der Waals surface area contributed by atoms with Crippen molar-refractivity contribution in [2.45, 2.75) is 11.7 Å². The fourth-order valence-electron chi connectivity index (χ4n) is 0.658. The lowest BCUT2D eigenvalue weighted by Crippen LogP contribution is -2.54. The molecule has 0 aromatic carbocycles. The van der Waals surface area contributed by atoms with Crippen LogP contribution < -0.4 is 16.8 Å². The van der Waals surface area contributed by atoms with E-state index in [4.69, 9.17) is 20.9 Å². The highest BCUT2D eigenvalue weighted by Crippen LogP contribution is 2.24. The van der Waals surface area contributed by atoms with Gasteiger partial charge in [-0.25, -0.2) is 5.32 Å². The molecule has 5 N–H and O–H groups in total. The largest absolute Gasteiger partial charge is 0.339 e. The number of hydrogen-bond acceptors (Lipinski definition) is 5. The summed E-state index contributed by atoms with van der Waals surface area (Å²) in [5, 5.41) is 2.79. The molecule has 2 unspecified atom stereocenters. The van der Waals surface area contributed by atoms with Crippen molar-refractivity contribution >= 4 is 0 Å². The second-order valence-electron chi connectivity index (χ2n) is 2.48. The maximum atomic E-state index is 5.48. The maximum Gasteiger partial charge on any atom is 0.199 e. The minimum absolute atomic E-state index is 0.509. The smallest absolute Gasteiger partial charge is 0.199 e. The van der Waals surface area contributed by atoms with Crippen molar-refractivity contribution in [2.75, 3.05) is 13.2 Å². The molecule has 2 saturated heterocycles. The number of rotatable bonds is 2. The zero-order chi connectivity index (χ0) is 6.54. The number of hydrogen-bond donors (Lipinski definition) is 3. The monoisotopic (exact) mass is 131 g/mol. The highest BCUT2D eigenvalue weighted by atomic mass is 16.7. The van der Waals surface area contributed by atoms with Gasteiger partial charge in [0, 0.05) is 0 Å². The predicted molar refractivity (Wildman–Crippen MR) is 28.9 cm³/mol. The van der Waals surface area contributed by atoms with Crippen molar-refractivity contribution in [3.63, 3.8) is 0 Å². The van der Waals surface area contributed by atoms with Gasteiger partial charge in [0.1, 0.15) is 13.2 Å². The van der Waals surface area contributed by atoms with Crippen LogP contribution >= 0.6 is 0 Å². The van der Waals surface area contributed by atoms with Crippen molar-refractivity contribution in [1.82, 2.24) is 5.32 Å². The molecule has 0 amide bonds. The molecule has 2 atom stereocenters. The summed E-state index contributed by atoms with van der Waals surface area (Å²) in [7, 11) is 0. The van der Waals surface area contributed by atoms with E-state index in [1.807, 2.05) is 0 Å². The van der Waals surface area contributed by atoms with Gasteiger partial charge in [0.2, 0.25) is 0 Å². The fraction of sp³-hybridized carbons (Fsp3) is 1.00. The SMILES string of the molecule is NC1(NC2(N)CO2)CO1. The molecule has 0 bridgehead atoms. The highest BCUT2D eigenvalue weighted by Gasteiger charge is 2.52. The molecule has 0 aromatic rings. The van der Waals surface area contributed by atoms with E-state index in [1.165, 1.54) is 0 Å². The lowest BCUT2D eigenvalue weighted by atomic mass is 10.5. The van der Waals surface area contributed by atoms with Crippen LogP contribution in [0.5, 0.6) is 0 Å². The van der Waals surface area contributed by atoms with Crippen LogP contribution in [0.15, 0.2) is 0 Å². The van der Waals surface area contributed by atoms with Crippen molar-refractivity contribution < 1.29 is 9.47 Å². The van der Waals surface area contributed by atoms with Crippen LogP contribution in [-0.2, 0) is 9.47 Å². The first kappa shape index (κ1) is 5.57. The van der Waals surface area contributed by atoms with Gasteiger partial charge in [0.05, 0.1) is 0 Å². The third kappa shape index (κ3) is 1.05. The van der Waals surface area contributed by atoms with Crippen molar-refractivity contribution in [3.05, 3.63) is 0 Å². The zero-order valence-corrected chi connectivity index (χ0v) is 4.89. The molecule has 0 aromatic heterocycles. The Morgan fingerprint density at radius 3 is 1.67 bits per heavy atom.